The Morgan fingerprint density at radius 3 is 2.15 bits per heavy atom. The van der Waals surface area contributed by atoms with Gasteiger partial charge in [-0.1, -0.05) is 38.1 Å². The Morgan fingerprint density at radius 2 is 1.65 bits per heavy atom. The Bertz CT molecular complexity index is 576. The van der Waals surface area contributed by atoms with Crippen molar-refractivity contribution in [3.63, 3.8) is 0 Å². The molecule has 0 aromatic heterocycles. The van der Waals surface area contributed by atoms with Gasteiger partial charge in [-0.3, -0.25) is 0 Å². The number of hydrogen-bond donors (Lipinski definition) is 1. The maximum atomic E-state index is 8.81. The second kappa shape index (κ2) is 6.77. The standard InChI is InChI=1S/C18H20N2/c1-3-14-5-9-16(10-6-14)18(4-2)20-17-11-7-15(13-19)8-12-17/h5-12,18,20H,3-4H2,1-2H3. The first-order chi connectivity index (χ1) is 9.76. The van der Waals surface area contributed by atoms with E-state index in [0.29, 0.717) is 11.6 Å². The first-order valence-corrected chi connectivity index (χ1v) is 7.12. The van der Waals surface area contributed by atoms with E-state index in [1.807, 2.05) is 24.3 Å². The molecule has 0 aliphatic rings. The van der Waals surface area contributed by atoms with Crippen LogP contribution in [0.5, 0.6) is 0 Å². The molecule has 0 amide bonds. The average Bonchev–Trinajstić information content (AvgIpc) is 2.53. The van der Waals surface area contributed by atoms with Crippen LogP contribution in [0.15, 0.2) is 48.5 Å². The van der Waals surface area contributed by atoms with Crippen molar-refractivity contribution >= 4 is 5.69 Å². The summed E-state index contributed by atoms with van der Waals surface area (Å²) in [5.74, 6) is 0. The van der Waals surface area contributed by atoms with Gasteiger partial charge in [-0.2, -0.15) is 5.26 Å². The quantitative estimate of drug-likeness (QED) is 0.850. The predicted molar refractivity (Wildman–Crippen MR) is 83.6 cm³/mol. The Hall–Kier alpha value is -2.27. The molecular formula is C18H20N2. The van der Waals surface area contributed by atoms with Crippen molar-refractivity contribution in [3.05, 3.63) is 65.2 Å². The summed E-state index contributed by atoms with van der Waals surface area (Å²) >= 11 is 0. The van der Waals surface area contributed by atoms with Gasteiger partial charge in [-0.25, -0.2) is 0 Å². The summed E-state index contributed by atoms with van der Waals surface area (Å²) in [6.45, 7) is 4.34. The molecule has 2 aromatic carbocycles. The first kappa shape index (κ1) is 14.1. The summed E-state index contributed by atoms with van der Waals surface area (Å²) in [6.07, 6.45) is 2.09. The Labute approximate surface area is 121 Å². The fourth-order valence-electron chi connectivity index (χ4n) is 2.25. The molecule has 1 N–H and O–H groups in total. The van der Waals surface area contributed by atoms with E-state index in [1.165, 1.54) is 11.1 Å². The highest BCUT2D eigenvalue weighted by Gasteiger charge is 2.08. The SMILES string of the molecule is CCc1ccc(C(CC)Nc2ccc(C#N)cc2)cc1. The number of nitriles is 1. The zero-order valence-electron chi connectivity index (χ0n) is 12.1. The molecular weight excluding hydrogens is 244 g/mol. The monoisotopic (exact) mass is 264 g/mol. The van der Waals surface area contributed by atoms with E-state index in [4.69, 9.17) is 5.26 Å². The molecule has 0 radical (unpaired) electrons. The highest BCUT2D eigenvalue weighted by atomic mass is 14.9. The van der Waals surface area contributed by atoms with E-state index >= 15 is 0 Å². The summed E-state index contributed by atoms with van der Waals surface area (Å²) < 4.78 is 0. The highest BCUT2D eigenvalue weighted by Crippen LogP contribution is 2.23. The first-order valence-electron chi connectivity index (χ1n) is 7.12. The molecule has 0 saturated heterocycles. The zero-order chi connectivity index (χ0) is 14.4. The lowest BCUT2D eigenvalue weighted by Crippen LogP contribution is -2.09. The van der Waals surface area contributed by atoms with Crippen LogP contribution in [0.4, 0.5) is 5.69 Å². The van der Waals surface area contributed by atoms with Gasteiger partial charge in [0.15, 0.2) is 0 Å². The van der Waals surface area contributed by atoms with Gasteiger partial charge in [-0.15, -0.1) is 0 Å². The molecule has 2 aromatic rings. The van der Waals surface area contributed by atoms with E-state index < -0.39 is 0 Å². The van der Waals surface area contributed by atoms with Crippen LogP contribution in [0, 0.1) is 11.3 Å². The fraction of sp³-hybridized carbons (Fsp3) is 0.278. The molecule has 0 saturated carbocycles. The van der Waals surface area contributed by atoms with Crippen molar-refractivity contribution in [3.8, 4) is 6.07 Å². The van der Waals surface area contributed by atoms with Crippen LogP contribution in [-0.2, 0) is 6.42 Å². The van der Waals surface area contributed by atoms with Gasteiger partial charge < -0.3 is 5.32 Å². The maximum absolute atomic E-state index is 8.81. The van der Waals surface area contributed by atoms with Crippen molar-refractivity contribution in [1.82, 2.24) is 0 Å². The predicted octanol–water partition coefficient (Wildman–Crippen LogP) is 4.68. The maximum Gasteiger partial charge on any atom is 0.0991 e. The van der Waals surface area contributed by atoms with Crippen molar-refractivity contribution in [2.75, 3.05) is 5.32 Å². The lowest BCUT2D eigenvalue weighted by Gasteiger charge is -2.19. The number of nitrogens with zero attached hydrogens (tertiary/aromatic N) is 1. The number of hydrogen-bond acceptors (Lipinski definition) is 2. The third-order valence-corrected chi connectivity index (χ3v) is 3.55. The average molecular weight is 264 g/mol. The molecule has 0 fully saturated rings. The highest BCUT2D eigenvalue weighted by molar-refractivity contribution is 5.49. The van der Waals surface area contributed by atoms with E-state index in [9.17, 15) is 0 Å². The van der Waals surface area contributed by atoms with Crippen LogP contribution >= 0.6 is 0 Å². The van der Waals surface area contributed by atoms with E-state index in [2.05, 4.69) is 49.5 Å². The number of rotatable bonds is 5. The molecule has 0 heterocycles. The summed E-state index contributed by atoms with van der Waals surface area (Å²) in [6, 6.07) is 18.8. The number of aryl methyl sites for hydroxylation is 1. The third kappa shape index (κ3) is 3.39. The summed E-state index contributed by atoms with van der Waals surface area (Å²) in [5, 5.41) is 12.3. The minimum Gasteiger partial charge on any atom is -0.378 e. The Morgan fingerprint density at radius 1 is 1.00 bits per heavy atom. The second-order valence-corrected chi connectivity index (χ2v) is 4.89. The summed E-state index contributed by atoms with van der Waals surface area (Å²) in [4.78, 5) is 0. The Kier molecular flexibility index (Phi) is 4.79. The molecule has 2 heteroatoms. The summed E-state index contributed by atoms with van der Waals surface area (Å²) in [7, 11) is 0. The molecule has 2 rings (SSSR count). The second-order valence-electron chi connectivity index (χ2n) is 4.89. The molecule has 2 nitrogen and oxygen atoms in total. The van der Waals surface area contributed by atoms with Crippen LogP contribution < -0.4 is 5.32 Å². The van der Waals surface area contributed by atoms with E-state index in [0.717, 1.165) is 18.5 Å². The van der Waals surface area contributed by atoms with E-state index in [1.54, 1.807) is 0 Å². The molecule has 102 valence electrons. The summed E-state index contributed by atoms with van der Waals surface area (Å²) in [5.41, 5.74) is 4.40. The number of anilines is 1. The van der Waals surface area contributed by atoms with Gasteiger partial charge in [0.1, 0.15) is 0 Å². The van der Waals surface area contributed by atoms with E-state index in [-0.39, 0.29) is 0 Å². The minimum atomic E-state index is 0.300. The van der Waals surface area contributed by atoms with Crippen molar-refractivity contribution < 1.29 is 0 Å². The van der Waals surface area contributed by atoms with Gasteiger partial charge >= 0.3 is 0 Å². The molecule has 0 spiro atoms. The zero-order valence-corrected chi connectivity index (χ0v) is 12.1. The number of nitrogens with one attached hydrogen (secondary N) is 1. The molecule has 0 bridgehead atoms. The van der Waals surface area contributed by atoms with Gasteiger partial charge in [-0.05, 0) is 48.2 Å². The van der Waals surface area contributed by atoms with Gasteiger partial charge in [0, 0.05) is 5.69 Å². The molecule has 20 heavy (non-hydrogen) atoms. The van der Waals surface area contributed by atoms with Crippen LogP contribution in [0.3, 0.4) is 0 Å². The van der Waals surface area contributed by atoms with Crippen molar-refractivity contribution in [2.45, 2.75) is 32.7 Å². The van der Waals surface area contributed by atoms with Crippen LogP contribution in [0.1, 0.15) is 43.0 Å². The Balaban J connectivity index is 2.12. The van der Waals surface area contributed by atoms with Gasteiger partial charge in [0.2, 0.25) is 0 Å². The molecule has 1 unspecified atom stereocenters. The normalized spacial score (nSPS) is 11.7. The lowest BCUT2D eigenvalue weighted by atomic mass is 10.0. The third-order valence-electron chi connectivity index (χ3n) is 3.55. The molecule has 0 aliphatic carbocycles. The minimum absolute atomic E-state index is 0.300. The smallest absolute Gasteiger partial charge is 0.0991 e. The lowest BCUT2D eigenvalue weighted by molar-refractivity contribution is 0.749. The van der Waals surface area contributed by atoms with Gasteiger partial charge in [0.05, 0.1) is 17.7 Å². The van der Waals surface area contributed by atoms with Crippen molar-refractivity contribution in [1.29, 1.82) is 5.26 Å². The van der Waals surface area contributed by atoms with Crippen molar-refractivity contribution in [2.24, 2.45) is 0 Å². The fourth-order valence-corrected chi connectivity index (χ4v) is 2.25. The van der Waals surface area contributed by atoms with Gasteiger partial charge in [0.25, 0.3) is 0 Å². The van der Waals surface area contributed by atoms with Crippen LogP contribution in [0.25, 0.3) is 0 Å². The topological polar surface area (TPSA) is 35.8 Å². The number of benzene rings is 2. The molecule has 1 atom stereocenters. The largest absolute Gasteiger partial charge is 0.378 e. The van der Waals surface area contributed by atoms with Crippen LogP contribution in [0.2, 0.25) is 0 Å². The molecule has 0 aliphatic heterocycles. The van der Waals surface area contributed by atoms with Crippen LogP contribution in [-0.4, -0.2) is 0 Å².